The van der Waals surface area contributed by atoms with E-state index in [1.165, 1.54) is 34.4 Å². The average Bonchev–Trinajstić information content (AvgIpc) is 2.28. The van der Waals surface area contributed by atoms with Crippen LogP contribution in [-0.2, 0) is 12.4 Å². The van der Waals surface area contributed by atoms with E-state index in [0.717, 1.165) is 79.5 Å². The highest BCUT2D eigenvalue weighted by atomic mass is 19.4. The van der Waals surface area contributed by atoms with Crippen molar-refractivity contribution in [2.75, 3.05) is 0 Å². The van der Waals surface area contributed by atoms with E-state index in [4.69, 9.17) is 9.97 Å². The fourth-order valence-corrected chi connectivity index (χ4v) is 12.9. The van der Waals surface area contributed by atoms with Crippen LogP contribution in [-0.4, -0.2) is 14.5 Å². The highest BCUT2D eigenvalue weighted by Gasteiger charge is 2.35. The smallest absolute Gasteiger partial charge is 0.308 e. The summed E-state index contributed by atoms with van der Waals surface area (Å²) in [5, 5.41) is 1.72. The largest absolute Gasteiger partial charge is 0.416 e. The lowest BCUT2D eigenvalue weighted by molar-refractivity contribution is -0.138. The highest BCUT2D eigenvalue weighted by Crippen LogP contribution is 2.53. The van der Waals surface area contributed by atoms with Gasteiger partial charge >= 0.3 is 12.4 Å². The van der Waals surface area contributed by atoms with Gasteiger partial charge in [0.05, 0.1) is 39.2 Å². The second-order valence-corrected chi connectivity index (χ2v) is 21.4. The Balaban J connectivity index is 1.06. The summed E-state index contributed by atoms with van der Waals surface area (Å²) in [6.07, 6.45) is -9.46. The molecule has 9 heteroatoms. The van der Waals surface area contributed by atoms with E-state index in [-0.39, 0.29) is 28.8 Å². The van der Waals surface area contributed by atoms with Gasteiger partial charge in [-0.2, -0.15) is 26.3 Å². The Morgan fingerprint density at radius 1 is 0.301 bits per heavy atom. The van der Waals surface area contributed by atoms with Crippen LogP contribution in [0.1, 0.15) is 56.3 Å². The van der Waals surface area contributed by atoms with Gasteiger partial charge in [0.25, 0.3) is 0 Å². The van der Waals surface area contributed by atoms with Gasteiger partial charge in [-0.05, 0) is 133 Å². The first-order valence-electron chi connectivity index (χ1n) is 27.4. The van der Waals surface area contributed by atoms with Gasteiger partial charge in [0, 0.05) is 50.4 Å². The molecule has 13 aromatic rings. The molecule has 11 aromatic carbocycles. The first-order chi connectivity index (χ1) is 40.4. The van der Waals surface area contributed by atoms with Crippen molar-refractivity contribution in [3.63, 3.8) is 0 Å². The number of aromatic nitrogens is 3. The van der Waals surface area contributed by atoms with Crippen LogP contribution in [0.25, 0.3) is 106 Å². The van der Waals surface area contributed by atoms with Gasteiger partial charge in [-0.1, -0.05) is 194 Å². The summed E-state index contributed by atoms with van der Waals surface area (Å²) in [7, 11) is 0. The predicted molar refractivity (Wildman–Crippen MR) is 319 cm³/mol. The molecule has 0 radical (unpaired) electrons. The van der Waals surface area contributed by atoms with Crippen molar-refractivity contribution in [1.29, 1.82) is 0 Å². The molecule has 0 saturated heterocycles. The Bertz CT molecular complexity index is 4350. The second kappa shape index (κ2) is 19.3. The van der Waals surface area contributed by atoms with Gasteiger partial charge in [0.15, 0.2) is 5.82 Å². The quantitative estimate of drug-likeness (QED) is 0.142. The van der Waals surface area contributed by atoms with Crippen molar-refractivity contribution < 1.29 is 26.3 Å². The molecule has 0 amide bonds. The first kappa shape index (κ1) is 49.9. The molecule has 0 saturated carbocycles. The predicted octanol–water partition coefficient (Wildman–Crippen LogP) is 20.3. The molecule has 398 valence electrons. The molecule has 2 aliphatic rings. The molecule has 0 aliphatic heterocycles. The summed E-state index contributed by atoms with van der Waals surface area (Å²) in [5.74, 6) is -0.0333. The van der Waals surface area contributed by atoms with Crippen molar-refractivity contribution >= 4 is 21.8 Å². The van der Waals surface area contributed by atoms with Crippen LogP contribution in [0.4, 0.5) is 26.3 Å². The summed E-state index contributed by atoms with van der Waals surface area (Å²) in [6.45, 7) is 0. The monoisotopic (exact) mass is 1090 g/mol. The zero-order valence-electron chi connectivity index (χ0n) is 44.1. The molecule has 0 unspecified atom stereocenters. The van der Waals surface area contributed by atoms with Crippen LogP contribution in [0, 0.1) is 0 Å². The third-order valence-corrected chi connectivity index (χ3v) is 16.6. The Morgan fingerprint density at radius 2 is 0.663 bits per heavy atom. The lowest BCUT2D eigenvalue weighted by Gasteiger charge is -2.22. The average molecular weight is 1090 g/mol. The van der Waals surface area contributed by atoms with Crippen LogP contribution in [0.5, 0.6) is 0 Å². The third kappa shape index (κ3) is 8.44. The number of fused-ring (bicyclic) bond motifs is 9. The van der Waals surface area contributed by atoms with E-state index in [9.17, 15) is 0 Å². The fourth-order valence-electron chi connectivity index (χ4n) is 12.9. The molecule has 0 atom stereocenters. The second-order valence-electron chi connectivity index (χ2n) is 21.4. The maximum absolute atomic E-state index is 15.1. The summed E-state index contributed by atoms with van der Waals surface area (Å²) in [4.78, 5) is 10.3. The molecule has 2 heterocycles. The van der Waals surface area contributed by atoms with Crippen molar-refractivity contribution in [1.82, 2.24) is 14.5 Å². The molecule has 83 heavy (non-hydrogen) atoms. The molecular formula is C74H45F6N3. The van der Waals surface area contributed by atoms with Crippen molar-refractivity contribution in [2.24, 2.45) is 0 Å². The summed E-state index contributed by atoms with van der Waals surface area (Å²) >= 11 is 0. The Kier molecular flexibility index (Phi) is 11.6. The first-order valence-corrected chi connectivity index (χ1v) is 27.4. The van der Waals surface area contributed by atoms with Crippen LogP contribution in [0.15, 0.2) is 261 Å². The van der Waals surface area contributed by atoms with Crippen LogP contribution >= 0.6 is 0 Å². The normalized spacial score (nSPS) is 13.1. The van der Waals surface area contributed by atoms with E-state index in [1.54, 1.807) is 24.3 Å². The Labute approximate surface area is 474 Å². The minimum absolute atomic E-state index is 0.130. The minimum Gasteiger partial charge on any atom is -0.308 e. The number of halogens is 6. The minimum atomic E-state index is -4.73. The molecular weight excluding hydrogens is 1040 g/mol. The van der Waals surface area contributed by atoms with E-state index in [1.807, 2.05) is 71.3 Å². The number of hydrogen-bond donors (Lipinski definition) is 0. The number of alkyl halides is 6. The summed E-state index contributed by atoms with van der Waals surface area (Å²) < 4.78 is 92.6. The van der Waals surface area contributed by atoms with Crippen LogP contribution < -0.4 is 0 Å². The topological polar surface area (TPSA) is 30.7 Å². The molecule has 2 aliphatic carbocycles. The number of nitrogens with zero attached hydrogens (tertiary/aromatic N) is 3. The highest BCUT2D eigenvalue weighted by molar-refractivity contribution is 6.12. The zero-order valence-corrected chi connectivity index (χ0v) is 44.1. The van der Waals surface area contributed by atoms with Crippen molar-refractivity contribution in [3.05, 3.63) is 305 Å². The van der Waals surface area contributed by atoms with Gasteiger partial charge in [-0.15, -0.1) is 0 Å². The number of benzene rings is 11. The summed E-state index contributed by atoms with van der Waals surface area (Å²) in [5.41, 5.74) is 15.5. The molecule has 2 aromatic heterocycles. The van der Waals surface area contributed by atoms with Crippen LogP contribution in [0.2, 0.25) is 0 Å². The summed E-state index contributed by atoms with van der Waals surface area (Å²) in [6, 6.07) is 81.5. The standard InChI is InChI=1S/C74H45F6N3/c75-73(76,77)51-23-15-21-46(37-51)61-41-50(72-81-65(44-17-3-1-4-18-44)43-66(82-72)45-19-5-2-6-20-45)42-62(47-22-16-24-52(38-47)74(78,79)80)71(61)83-67-35-33-48(69-57-29-11-7-25-53(57)54-26-8-12-30-58(54)69)39-63(67)64-40-49(34-36-68(64)83)70-59-31-13-9-27-55(59)56-28-10-14-32-60(56)70/h1-43,69-70H. The lowest BCUT2D eigenvalue weighted by atomic mass is 9.87. The fraction of sp³-hybridized carbons (Fsp3) is 0.0541. The molecule has 15 rings (SSSR count). The van der Waals surface area contributed by atoms with Gasteiger partial charge in [0.2, 0.25) is 0 Å². The molecule has 0 N–H and O–H groups in total. The number of hydrogen-bond acceptors (Lipinski definition) is 2. The van der Waals surface area contributed by atoms with E-state index >= 15 is 26.3 Å². The Hall–Kier alpha value is -10.1. The van der Waals surface area contributed by atoms with Crippen molar-refractivity contribution in [2.45, 2.75) is 24.2 Å². The van der Waals surface area contributed by atoms with Crippen LogP contribution in [0.3, 0.4) is 0 Å². The van der Waals surface area contributed by atoms with Gasteiger partial charge in [-0.3, -0.25) is 0 Å². The van der Waals surface area contributed by atoms with E-state index in [0.29, 0.717) is 44.8 Å². The van der Waals surface area contributed by atoms with Gasteiger partial charge < -0.3 is 4.57 Å². The van der Waals surface area contributed by atoms with Gasteiger partial charge in [0.1, 0.15) is 0 Å². The van der Waals surface area contributed by atoms with Crippen molar-refractivity contribution in [3.8, 4) is 84.1 Å². The number of rotatable bonds is 8. The van der Waals surface area contributed by atoms with E-state index in [2.05, 4.69) is 133 Å². The van der Waals surface area contributed by atoms with E-state index < -0.39 is 23.5 Å². The Morgan fingerprint density at radius 3 is 1.05 bits per heavy atom. The molecule has 0 bridgehead atoms. The van der Waals surface area contributed by atoms with Gasteiger partial charge in [-0.25, -0.2) is 9.97 Å². The molecule has 0 fully saturated rings. The molecule has 0 spiro atoms. The zero-order chi connectivity index (χ0) is 56.1. The third-order valence-electron chi connectivity index (χ3n) is 16.6. The maximum Gasteiger partial charge on any atom is 0.416 e. The SMILES string of the molecule is FC(F)(F)c1cccc(-c2cc(-c3nc(-c4ccccc4)cc(-c4ccccc4)n3)cc(-c3cccc(C(F)(F)F)c3)c2-n2c3ccc(C4c5ccccc5-c5ccccc54)cc3c3cc(C4c5ccccc5-c5ccccc54)ccc32)c1. The lowest BCUT2D eigenvalue weighted by Crippen LogP contribution is -2.07. The molecule has 3 nitrogen and oxygen atoms in total. The maximum atomic E-state index is 15.1.